The minimum absolute atomic E-state index is 0. The summed E-state index contributed by atoms with van der Waals surface area (Å²) in [6.45, 7) is 4.33. The van der Waals surface area contributed by atoms with Gasteiger partial charge < -0.3 is 20.4 Å². The van der Waals surface area contributed by atoms with Gasteiger partial charge in [0.25, 0.3) is 23.9 Å². The quantitative estimate of drug-likeness (QED) is 0.461. The molecule has 0 aliphatic carbocycles. The third kappa shape index (κ3) is 1010. The molecule has 0 aliphatic rings. The minimum atomic E-state index is -0.833. The largest absolute Gasteiger partial charge is 0.481 e. The summed E-state index contributed by atoms with van der Waals surface area (Å²) >= 11 is 0. The van der Waals surface area contributed by atoms with E-state index in [1.54, 1.807) is 0 Å². The van der Waals surface area contributed by atoms with E-state index in [1.165, 1.54) is 0 Å². The molecule has 0 fully saturated rings. The van der Waals surface area contributed by atoms with Gasteiger partial charge in [-0.3, -0.25) is 19.2 Å². The molecule has 0 saturated heterocycles. The molecular weight excluding hydrogens is 327 g/mol. The van der Waals surface area contributed by atoms with Gasteiger partial charge in [-0.1, -0.05) is 0 Å². The molecule has 0 aromatic rings. The van der Waals surface area contributed by atoms with E-state index in [4.69, 9.17) is 39.6 Å². The first-order chi connectivity index (χ1) is 6.93. The van der Waals surface area contributed by atoms with Gasteiger partial charge in [0.15, 0.2) is 0 Å². The van der Waals surface area contributed by atoms with E-state index in [1.807, 2.05) is 0 Å². The van der Waals surface area contributed by atoms with Crippen molar-refractivity contribution in [3.63, 3.8) is 0 Å². The molecule has 0 amide bonds. The number of hydrogen-bond donors (Lipinski definition) is 4. The van der Waals surface area contributed by atoms with Crippen LogP contribution >= 0.6 is 0 Å². The molecule has 17 heavy (non-hydrogen) atoms. The van der Waals surface area contributed by atoms with Gasteiger partial charge in [0, 0.05) is 47.2 Å². The Morgan fingerprint density at radius 2 is 0.529 bits per heavy atom. The zero-order valence-corrected chi connectivity index (χ0v) is 11.4. The van der Waals surface area contributed by atoms with Crippen molar-refractivity contribution < 1.29 is 59.1 Å². The van der Waals surface area contributed by atoms with Crippen molar-refractivity contribution in [1.82, 2.24) is 0 Å². The summed E-state index contributed by atoms with van der Waals surface area (Å²) in [6, 6.07) is 0. The topological polar surface area (TPSA) is 149 Å². The van der Waals surface area contributed by atoms with Crippen LogP contribution in [0.1, 0.15) is 27.7 Å². The van der Waals surface area contributed by atoms with Crippen LogP contribution < -0.4 is 0 Å². The summed E-state index contributed by atoms with van der Waals surface area (Å²) in [6.07, 6.45) is 0. The van der Waals surface area contributed by atoms with Gasteiger partial charge in [0.1, 0.15) is 0 Å². The van der Waals surface area contributed by atoms with Crippen molar-refractivity contribution in [1.29, 1.82) is 0 Å². The Labute approximate surface area is 111 Å². The maximum absolute atomic E-state index is 9.00. The first-order valence-electron chi connectivity index (χ1n) is 3.71. The summed E-state index contributed by atoms with van der Waals surface area (Å²) < 4.78 is 0. The molecule has 9 heteroatoms. The first-order valence-corrected chi connectivity index (χ1v) is 3.71. The molecule has 8 nitrogen and oxygen atoms in total. The maximum Gasteiger partial charge on any atom is 0.300 e. The van der Waals surface area contributed by atoms with E-state index in [0.29, 0.717) is 0 Å². The van der Waals surface area contributed by atoms with Gasteiger partial charge >= 0.3 is 0 Å². The Hall–Kier alpha value is -1.50. The Kier molecular flexibility index (Phi) is 41.7. The third-order valence-corrected chi connectivity index (χ3v) is 0. The Bertz CT molecular complexity index is 162. The molecule has 0 atom stereocenters. The normalized spacial score (nSPS) is 5.88. The molecule has 0 spiro atoms. The molecule has 0 aromatic heterocycles. The van der Waals surface area contributed by atoms with Crippen molar-refractivity contribution in [3.05, 3.63) is 0 Å². The number of aliphatic carboxylic acids is 4. The van der Waals surface area contributed by atoms with Crippen LogP contribution in [0.2, 0.25) is 0 Å². The van der Waals surface area contributed by atoms with E-state index >= 15 is 0 Å². The van der Waals surface area contributed by atoms with Gasteiger partial charge in [0.2, 0.25) is 0 Å². The van der Waals surface area contributed by atoms with Crippen LogP contribution in [-0.2, 0) is 38.7 Å². The standard InChI is InChI=1S/4C2H4O2.Rh/c4*1-2(3)4;/h4*1H3,(H,3,4);. The van der Waals surface area contributed by atoms with Crippen molar-refractivity contribution in [3.8, 4) is 0 Å². The molecule has 0 saturated carbocycles. The molecule has 4 N–H and O–H groups in total. The van der Waals surface area contributed by atoms with Gasteiger partial charge in [-0.2, -0.15) is 0 Å². The Morgan fingerprint density at radius 3 is 0.529 bits per heavy atom. The second-order valence-corrected chi connectivity index (χ2v) is 2.08. The number of carbonyl (C=O) groups is 4. The average molecular weight is 343 g/mol. The SMILES string of the molecule is CC(=O)O.CC(=O)O.CC(=O)O.CC(=O)O.[Rh]. The summed E-state index contributed by atoms with van der Waals surface area (Å²) in [5, 5.41) is 29.7. The molecule has 105 valence electrons. The summed E-state index contributed by atoms with van der Waals surface area (Å²) in [7, 11) is 0. The predicted octanol–water partition coefficient (Wildman–Crippen LogP) is 0.361. The van der Waals surface area contributed by atoms with Crippen LogP contribution in [0.15, 0.2) is 0 Å². The third-order valence-electron chi connectivity index (χ3n) is 0. The van der Waals surface area contributed by atoms with E-state index < -0.39 is 23.9 Å². The second-order valence-electron chi connectivity index (χ2n) is 2.08. The van der Waals surface area contributed by atoms with Crippen LogP contribution in [0, 0.1) is 0 Å². The molecule has 0 aromatic carbocycles. The Morgan fingerprint density at radius 1 is 0.529 bits per heavy atom. The molecular formula is C8H16O8Rh. The summed E-state index contributed by atoms with van der Waals surface area (Å²) in [4.78, 5) is 36.0. The molecule has 0 heterocycles. The van der Waals surface area contributed by atoms with E-state index in [0.717, 1.165) is 27.7 Å². The molecule has 0 aliphatic heterocycles. The van der Waals surface area contributed by atoms with Gasteiger partial charge in [-0.15, -0.1) is 0 Å². The second kappa shape index (κ2) is 24.0. The van der Waals surface area contributed by atoms with Crippen molar-refractivity contribution in [2.75, 3.05) is 0 Å². The fourth-order valence-electron chi connectivity index (χ4n) is 0. The van der Waals surface area contributed by atoms with Crippen molar-refractivity contribution in [2.45, 2.75) is 27.7 Å². The average Bonchev–Trinajstić information content (AvgIpc) is 1.76. The van der Waals surface area contributed by atoms with E-state index in [2.05, 4.69) is 0 Å². The number of rotatable bonds is 0. The van der Waals surface area contributed by atoms with Crippen LogP contribution in [0.4, 0.5) is 0 Å². The van der Waals surface area contributed by atoms with Crippen LogP contribution in [-0.4, -0.2) is 44.3 Å². The van der Waals surface area contributed by atoms with Crippen LogP contribution in [0.3, 0.4) is 0 Å². The molecule has 0 unspecified atom stereocenters. The number of carboxylic acids is 4. The van der Waals surface area contributed by atoms with Gasteiger partial charge in [-0.05, 0) is 0 Å². The summed E-state index contributed by atoms with van der Waals surface area (Å²) in [5.41, 5.74) is 0. The Balaban J connectivity index is -0.0000000369. The number of carboxylic acid groups (broad SMARTS) is 4. The zero-order valence-electron chi connectivity index (χ0n) is 9.76. The number of hydrogen-bond acceptors (Lipinski definition) is 4. The molecule has 0 bridgehead atoms. The van der Waals surface area contributed by atoms with Crippen LogP contribution in [0.25, 0.3) is 0 Å². The van der Waals surface area contributed by atoms with Gasteiger partial charge in [-0.25, -0.2) is 0 Å². The predicted molar refractivity (Wildman–Crippen MR) is 53.2 cm³/mol. The van der Waals surface area contributed by atoms with Crippen LogP contribution in [0.5, 0.6) is 0 Å². The minimum Gasteiger partial charge on any atom is -0.481 e. The molecule has 1 radical (unpaired) electrons. The fourth-order valence-corrected chi connectivity index (χ4v) is 0. The monoisotopic (exact) mass is 343 g/mol. The molecule has 0 rings (SSSR count). The smallest absolute Gasteiger partial charge is 0.300 e. The van der Waals surface area contributed by atoms with Crippen molar-refractivity contribution in [2.24, 2.45) is 0 Å². The van der Waals surface area contributed by atoms with Crippen molar-refractivity contribution >= 4 is 23.9 Å². The summed E-state index contributed by atoms with van der Waals surface area (Å²) in [5.74, 6) is -3.33. The van der Waals surface area contributed by atoms with E-state index in [9.17, 15) is 0 Å². The zero-order chi connectivity index (χ0) is 14.3. The maximum atomic E-state index is 9.00. The fraction of sp³-hybridized carbons (Fsp3) is 0.500. The first kappa shape index (κ1) is 29.6. The van der Waals surface area contributed by atoms with Gasteiger partial charge in [0.05, 0.1) is 0 Å². The van der Waals surface area contributed by atoms with E-state index in [-0.39, 0.29) is 19.5 Å².